The molecule has 0 unspecified atom stereocenters. The topological polar surface area (TPSA) is 46.2 Å². The van der Waals surface area contributed by atoms with Gasteiger partial charge in [-0.25, -0.2) is 0 Å². The van der Waals surface area contributed by atoms with Crippen molar-refractivity contribution in [3.8, 4) is 12.3 Å². The van der Waals surface area contributed by atoms with E-state index in [0.29, 0.717) is 0 Å². The summed E-state index contributed by atoms with van der Waals surface area (Å²) in [5.74, 6) is 2.25. The Hall–Kier alpha value is -1.46. The van der Waals surface area contributed by atoms with Crippen molar-refractivity contribution in [3.05, 3.63) is 29.3 Å². The summed E-state index contributed by atoms with van der Waals surface area (Å²) < 4.78 is 0. The van der Waals surface area contributed by atoms with Crippen LogP contribution in [0.15, 0.2) is 18.2 Å². The van der Waals surface area contributed by atoms with Crippen molar-refractivity contribution in [2.24, 2.45) is 0 Å². The second-order valence-corrected chi connectivity index (χ2v) is 3.67. The Morgan fingerprint density at radius 1 is 1.53 bits per heavy atom. The number of rotatable bonds is 0. The van der Waals surface area contributed by atoms with Gasteiger partial charge in [0, 0.05) is 12.1 Å². The van der Waals surface area contributed by atoms with E-state index in [0.717, 1.165) is 30.5 Å². The molecule has 0 bridgehead atoms. The first-order chi connectivity index (χ1) is 7.19. The van der Waals surface area contributed by atoms with Crippen molar-refractivity contribution in [2.45, 2.75) is 32.3 Å². The molecule has 1 aromatic carbocycles. The summed E-state index contributed by atoms with van der Waals surface area (Å²) in [6, 6.07) is 5.97. The fourth-order valence-corrected chi connectivity index (χ4v) is 1.80. The van der Waals surface area contributed by atoms with E-state index >= 15 is 0 Å². The van der Waals surface area contributed by atoms with Crippen LogP contribution in [-0.2, 0) is 12.8 Å². The van der Waals surface area contributed by atoms with Crippen LogP contribution in [0.3, 0.4) is 0 Å². The Bertz CT molecular complexity index is 365. The molecule has 0 aromatic heterocycles. The van der Waals surface area contributed by atoms with Gasteiger partial charge in [-0.15, -0.1) is 12.3 Å². The largest absolute Gasteiger partial charge is 0.398 e. The molecule has 0 spiro atoms. The second-order valence-electron chi connectivity index (χ2n) is 3.67. The lowest BCUT2D eigenvalue weighted by molar-refractivity contribution is 0.159. The predicted molar refractivity (Wildman–Crippen MR) is 63.4 cm³/mol. The standard InChI is InChI=1S/C10H13NO.C3H4/c11-10-3-1-2-7-4-5-8(12)6-9(7)10;1-3-2/h1-3,8,12H,4-6,11H2;1H,2H3/t8-;/m1./s1. The quantitative estimate of drug-likeness (QED) is 0.498. The van der Waals surface area contributed by atoms with Crippen LogP contribution in [0.4, 0.5) is 5.69 Å². The first-order valence-electron chi connectivity index (χ1n) is 5.10. The van der Waals surface area contributed by atoms with Crippen LogP contribution in [0.1, 0.15) is 24.5 Å². The van der Waals surface area contributed by atoms with E-state index < -0.39 is 0 Å². The lowest BCUT2D eigenvalue weighted by atomic mass is 9.89. The molecule has 0 saturated carbocycles. The normalized spacial score (nSPS) is 18.1. The monoisotopic (exact) mass is 203 g/mol. The molecule has 0 saturated heterocycles. The van der Waals surface area contributed by atoms with Crippen molar-refractivity contribution in [1.82, 2.24) is 0 Å². The molecule has 2 nitrogen and oxygen atoms in total. The van der Waals surface area contributed by atoms with E-state index in [1.165, 1.54) is 5.56 Å². The Morgan fingerprint density at radius 2 is 2.20 bits per heavy atom. The van der Waals surface area contributed by atoms with Gasteiger partial charge in [-0.05, 0) is 37.0 Å². The van der Waals surface area contributed by atoms with E-state index in [4.69, 9.17) is 5.73 Å². The zero-order valence-corrected chi connectivity index (χ0v) is 9.03. The van der Waals surface area contributed by atoms with Gasteiger partial charge in [0.25, 0.3) is 0 Å². The van der Waals surface area contributed by atoms with Gasteiger partial charge in [0.1, 0.15) is 0 Å². The van der Waals surface area contributed by atoms with Gasteiger partial charge < -0.3 is 10.8 Å². The lowest BCUT2D eigenvalue weighted by Gasteiger charge is -2.21. The van der Waals surface area contributed by atoms with E-state index in [1.54, 1.807) is 6.92 Å². The third kappa shape index (κ3) is 3.00. The molecule has 0 fully saturated rings. The van der Waals surface area contributed by atoms with Gasteiger partial charge >= 0.3 is 0 Å². The van der Waals surface area contributed by atoms with Crippen molar-refractivity contribution in [1.29, 1.82) is 0 Å². The van der Waals surface area contributed by atoms with Crippen molar-refractivity contribution in [2.75, 3.05) is 5.73 Å². The highest BCUT2D eigenvalue weighted by atomic mass is 16.3. The van der Waals surface area contributed by atoms with Crippen LogP contribution in [0.2, 0.25) is 0 Å². The number of aliphatic hydroxyl groups excluding tert-OH is 1. The molecule has 2 rings (SSSR count). The van der Waals surface area contributed by atoms with Gasteiger partial charge in [0.15, 0.2) is 0 Å². The third-order valence-corrected chi connectivity index (χ3v) is 2.50. The molecule has 80 valence electrons. The number of hydrogen-bond donors (Lipinski definition) is 2. The average Bonchev–Trinajstić information content (AvgIpc) is 2.21. The van der Waals surface area contributed by atoms with Crippen LogP contribution < -0.4 is 5.73 Å². The maximum absolute atomic E-state index is 9.42. The SMILES string of the molecule is C#CC.Nc1cccc2c1C[C@H](O)CC2. The Morgan fingerprint density at radius 3 is 2.87 bits per heavy atom. The van der Waals surface area contributed by atoms with Gasteiger partial charge in [-0.2, -0.15) is 0 Å². The number of nitrogen functional groups attached to an aromatic ring is 1. The number of terminal acetylenes is 1. The van der Waals surface area contributed by atoms with E-state index in [2.05, 4.69) is 18.4 Å². The third-order valence-electron chi connectivity index (χ3n) is 2.50. The molecule has 1 aliphatic rings. The van der Waals surface area contributed by atoms with Crippen molar-refractivity contribution < 1.29 is 5.11 Å². The Labute approximate surface area is 91.1 Å². The molecular formula is C13H17NO. The maximum Gasteiger partial charge on any atom is 0.0584 e. The number of benzene rings is 1. The van der Waals surface area contributed by atoms with Gasteiger partial charge in [-0.3, -0.25) is 0 Å². The van der Waals surface area contributed by atoms with Crippen LogP contribution in [0.25, 0.3) is 0 Å². The first-order valence-corrected chi connectivity index (χ1v) is 5.10. The minimum absolute atomic E-state index is 0.192. The minimum atomic E-state index is -0.192. The molecule has 0 aliphatic heterocycles. The van der Waals surface area contributed by atoms with Crippen LogP contribution in [0, 0.1) is 12.3 Å². The lowest BCUT2D eigenvalue weighted by Crippen LogP contribution is -2.19. The number of anilines is 1. The molecule has 3 N–H and O–H groups in total. The van der Waals surface area contributed by atoms with Crippen LogP contribution >= 0.6 is 0 Å². The Kier molecular flexibility index (Phi) is 4.20. The summed E-state index contributed by atoms with van der Waals surface area (Å²) in [4.78, 5) is 0. The van der Waals surface area contributed by atoms with E-state index in [-0.39, 0.29) is 6.10 Å². The van der Waals surface area contributed by atoms with Crippen molar-refractivity contribution >= 4 is 5.69 Å². The summed E-state index contributed by atoms with van der Waals surface area (Å²) in [6.45, 7) is 1.65. The van der Waals surface area contributed by atoms with E-state index in [1.807, 2.05) is 12.1 Å². The highest BCUT2D eigenvalue weighted by molar-refractivity contribution is 5.52. The van der Waals surface area contributed by atoms with Gasteiger partial charge in [0.05, 0.1) is 6.10 Å². The predicted octanol–water partition coefficient (Wildman–Crippen LogP) is 1.76. The van der Waals surface area contributed by atoms with E-state index in [9.17, 15) is 5.11 Å². The maximum atomic E-state index is 9.42. The number of fused-ring (bicyclic) bond motifs is 1. The number of nitrogens with two attached hydrogens (primary N) is 1. The summed E-state index contributed by atoms with van der Waals surface area (Å²) in [6.07, 6.45) is 6.96. The average molecular weight is 203 g/mol. The molecule has 1 aromatic rings. The molecule has 2 heteroatoms. The summed E-state index contributed by atoms with van der Waals surface area (Å²) in [5, 5.41) is 9.42. The smallest absolute Gasteiger partial charge is 0.0584 e. The summed E-state index contributed by atoms with van der Waals surface area (Å²) in [5.41, 5.74) is 9.07. The molecule has 0 radical (unpaired) electrons. The Balaban J connectivity index is 0.000000337. The molecule has 1 atom stereocenters. The summed E-state index contributed by atoms with van der Waals surface area (Å²) in [7, 11) is 0. The number of aliphatic hydroxyl groups is 1. The highest BCUT2D eigenvalue weighted by Gasteiger charge is 2.17. The fourth-order valence-electron chi connectivity index (χ4n) is 1.80. The molecule has 1 aliphatic carbocycles. The zero-order valence-electron chi connectivity index (χ0n) is 9.03. The summed E-state index contributed by atoms with van der Waals surface area (Å²) >= 11 is 0. The minimum Gasteiger partial charge on any atom is -0.398 e. The highest BCUT2D eigenvalue weighted by Crippen LogP contribution is 2.25. The second kappa shape index (κ2) is 5.43. The number of hydrogen-bond acceptors (Lipinski definition) is 2. The van der Waals surface area contributed by atoms with Crippen LogP contribution in [-0.4, -0.2) is 11.2 Å². The zero-order chi connectivity index (χ0) is 11.3. The van der Waals surface area contributed by atoms with Crippen molar-refractivity contribution in [3.63, 3.8) is 0 Å². The van der Waals surface area contributed by atoms with Gasteiger partial charge in [-0.1, -0.05) is 12.1 Å². The molecule has 0 amide bonds. The molecule has 0 heterocycles. The first kappa shape index (κ1) is 11.6. The van der Waals surface area contributed by atoms with Crippen LogP contribution in [0.5, 0.6) is 0 Å². The van der Waals surface area contributed by atoms with Gasteiger partial charge in [0.2, 0.25) is 0 Å². The number of aryl methyl sites for hydroxylation is 1. The molecule has 15 heavy (non-hydrogen) atoms. The molecular weight excluding hydrogens is 186 g/mol. The fraction of sp³-hybridized carbons (Fsp3) is 0.385.